The van der Waals surface area contributed by atoms with Crippen LogP contribution in [0.15, 0.2) is 35.5 Å². The van der Waals surface area contributed by atoms with E-state index in [0.29, 0.717) is 5.71 Å². The quantitative estimate of drug-likeness (QED) is 0.414. The minimum atomic E-state index is -0.216. The van der Waals surface area contributed by atoms with E-state index in [1.54, 1.807) is 6.92 Å². The van der Waals surface area contributed by atoms with Gasteiger partial charge >= 0.3 is 0 Å². The Balaban J connectivity index is 2.98. The lowest BCUT2D eigenvalue weighted by molar-refractivity contribution is 0.317. The van der Waals surface area contributed by atoms with Gasteiger partial charge in [-0.2, -0.15) is 0 Å². The molecule has 0 fully saturated rings. The average molecular weight is 176 g/mol. The van der Waals surface area contributed by atoms with Crippen molar-refractivity contribution in [3.63, 3.8) is 0 Å². The molecular weight excluding hydrogens is 164 g/mol. The zero-order valence-electron chi connectivity index (χ0n) is 7.44. The standard InChI is InChI=1S/C10H12N2O/c1-8(12-13)10(7-11)9-5-3-2-4-6-9/h2-7,10-11,13H,1H3. The van der Waals surface area contributed by atoms with Gasteiger partial charge in [0.1, 0.15) is 0 Å². The molecule has 0 amide bonds. The first kappa shape index (κ1) is 9.45. The molecule has 1 unspecified atom stereocenters. The molecule has 1 rings (SSSR count). The summed E-state index contributed by atoms with van der Waals surface area (Å²) in [6.07, 6.45) is 1.27. The van der Waals surface area contributed by atoms with Gasteiger partial charge in [-0.05, 0) is 12.5 Å². The summed E-state index contributed by atoms with van der Waals surface area (Å²) in [5.41, 5.74) is 1.49. The van der Waals surface area contributed by atoms with E-state index in [-0.39, 0.29) is 5.92 Å². The van der Waals surface area contributed by atoms with Gasteiger partial charge in [0.25, 0.3) is 0 Å². The van der Waals surface area contributed by atoms with Crippen molar-refractivity contribution in [3.8, 4) is 0 Å². The van der Waals surface area contributed by atoms with Crippen LogP contribution in [0.5, 0.6) is 0 Å². The van der Waals surface area contributed by atoms with Gasteiger partial charge in [-0.1, -0.05) is 35.5 Å². The van der Waals surface area contributed by atoms with E-state index < -0.39 is 0 Å². The highest BCUT2D eigenvalue weighted by molar-refractivity contribution is 6.01. The molecule has 1 aromatic rings. The fourth-order valence-electron chi connectivity index (χ4n) is 1.18. The van der Waals surface area contributed by atoms with E-state index >= 15 is 0 Å². The molecule has 2 N–H and O–H groups in total. The summed E-state index contributed by atoms with van der Waals surface area (Å²) in [5.74, 6) is -0.216. The smallest absolute Gasteiger partial charge is 0.0667 e. The van der Waals surface area contributed by atoms with Crippen molar-refractivity contribution < 1.29 is 5.21 Å². The second-order valence-electron chi connectivity index (χ2n) is 2.80. The number of nitrogens with zero attached hydrogens (tertiary/aromatic N) is 1. The molecule has 13 heavy (non-hydrogen) atoms. The van der Waals surface area contributed by atoms with Gasteiger partial charge in [0.2, 0.25) is 0 Å². The number of nitrogens with one attached hydrogen (secondary N) is 1. The van der Waals surface area contributed by atoms with Crippen molar-refractivity contribution in [1.29, 1.82) is 5.41 Å². The van der Waals surface area contributed by atoms with Crippen molar-refractivity contribution in [1.82, 2.24) is 0 Å². The average Bonchev–Trinajstić information content (AvgIpc) is 2.20. The lowest BCUT2D eigenvalue weighted by atomic mass is 9.96. The Bertz CT molecular complexity index is 306. The highest BCUT2D eigenvalue weighted by Crippen LogP contribution is 2.14. The lowest BCUT2D eigenvalue weighted by Gasteiger charge is -2.09. The number of rotatable bonds is 3. The minimum absolute atomic E-state index is 0.216. The van der Waals surface area contributed by atoms with E-state index in [9.17, 15) is 0 Å². The van der Waals surface area contributed by atoms with Crippen LogP contribution in [0.2, 0.25) is 0 Å². The second kappa shape index (κ2) is 4.40. The fraction of sp³-hybridized carbons (Fsp3) is 0.200. The first-order chi connectivity index (χ1) is 6.29. The highest BCUT2D eigenvalue weighted by Gasteiger charge is 2.11. The van der Waals surface area contributed by atoms with Crippen LogP contribution >= 0.6 is 0 Å². The van der Waals surface area contributed by atoms with Gasteiger partial charge < -0.3 is 10.6 Å². The molecule has 0 bridgehead atoms. The predicted octanol–water partition coefficient (Wildman–Crippen LogP) is 2.27. The third kappa shape index (κ3) is 2.15. The summed E-state index contributed by atoms with van der Waals surface area (Å²) >= 11 is 0. The minimum Gasteiger partial charge on any atom is -0.411 e. The Hall–Kier alpha value is -1.64. The van der Waals surface area contributed by atoms with Crippen LogP contribution in [0.1, 0.15) is 18.4 Å². The van der Waals surface area contributed by atoms with Crippen LogP contribution < -0.4 is 0 Å². The SMILES string of the molecule is CC(=NO)C(C=N)c1ccccc1. The van der Waals surface area contributed by atoms with Crippen LogP contribution in [0.3, 0.4) is 0 Å². The van der Waals surface area contributed by atoms with Gasteiger partial charge in [0.15, 0.2) is 0 Å². The van der Waals surface area contributed by atoms with Crippen molar-refractivity contribution >= 4 is 11.9 Å². The maximum absolute atomic E-state index is 8.58. The van der Waals surface area contributed by atoms with E-state index in [2.05, 4.69) is 5.16 Å². The van der Waals surface area contributed by atoms with Crippen LogP contribution in [-0.4, -0.2) is 17.1 Å². The van der Waals surface area contributed by atoms with Gasteiger partial charge in [-0.15, -0.1) is 0 Å². The number of hydrogen-bond donors (Lipinski definition) is 2. The Kier molecular flexibility index (Phi) is 3.20. The monoisotopic (exact) mass is 176 g/mol. The summed E-state index contributed by atoms with van der Waals surface area (Å²) in [6.45, 7) is 1.70. The molecule has 0 heterocycles. The van der Waals surface area contributed by atoms with Crippen LogP contribution in [-0.2, 0) is 0 Å². The Morgan fingerprint density at radius 3 is 2.54 bits per heavy atom. The lowest BCUT2D eigenvalue weighted by Crippen LogP contribution is -2.09. The summed E-state index contributed by atoms with van der Waals surface area (Å²) in [7, 11) is 0. The maximum Gasteiger partial charge on any atom is 0.0667 e. The normalized spacial score (nSPS) is 13.8. The molecule has 0 aliphatic heterocycles. The predicted molar refractivity (Wildman–Crippen MR) is 52.9 cm³/mol. The van der Waals surface area contributed by atoms with Crippen molar-refractivity contribution in [2.45, 2.75) is 12.8 Å². The van der Waals surface area contributed by atoms with E-state index in [1.165, 1.54) is 6.21 Å². The number of hydrogen-bond acceptors (Lipinski definition) is 3. The topological polar surface area (TPSA) is 56.4 Å². The Labute approximate surface area is 77.2 Å². The number of benzene rings is 1. The molecule has 3 heteroatoms. The van der Waals surface area contributed by atoms with Crippen molar-refractivity contribution in [2.24, 2.45) is 5.16 Å². The van der Waals surface area contributed by atoms with Crippen LogP contribution in [0.25, 0.3) is 0 Å². The second-order valence-corrected chi connectivity index (χ2v) is 2.80. The third-order valence-electron chi connectivity index (χ3n) is 1.93. The van der Waals surface area contributed by atoms with Crippen LogP contribution in [0, 0.1) is 5.41 Å². The van der Waals surface area contributed by atoms with Gasteiger partial charge in [-0.3, -0.25) is 0 Å². The molecule has 3 nitrogen and oxygen atoms in total. The Morgan fingerprint density at radius 2 is 2.08 bits per heavy atom. The third-order valence-corrected chi connectivity index (χ3v) is 1.93. The molecule has 0 radical (unpaired) electrons. The van der Waals surface area contributed by atoms with Gasteiger partial charge in [0.05, 0.1) is 11.6 Å². The molecule has 0 spiro atoms. The first-order valence-electron chi connectivity index (χ1n) is 4.03. The van der Waals surface area contributed by atoms with E-state index in [4.69, 9.17) is 10.6 Å². The van der Waals surface area contributed by atoms with Gasteiger partial charge in [-0.25, -0.2) is 0 Å². The Morgan fingerprint density at radius 1 is 1.46 bits per heavy atom. The van der Waals surface area contributed by atoms with Crippen molar-refractivity contribution in [2.75, 3.05) is 0 Å². The zero-order valence-corrected chi connectivity index (χ0v) is 7.44. The van der Waals surface area contributed by atoms with Crippen molar-refractivity contribution in [3.05, 3.63) is 35.9 Å². The largest absolute Gasteiger partial charge is 0.411 e. The summed E-state index contributed by atoms with van der Waals surface area (Å²) in [5, 5.41) is 18.9. The highest BCUT2D eigenvalue weighted by atomic mass is 16.4. The van der Waals surface area contributed by atoms with E-state index in [0.717, 1.165) is 5.56 Å². The number of oxime groups is 1. The molecule has 0 saturated heterocycles. The summed E-state index contributed by atoms with van der Waals surface area (Å²) < 4.78 is 0. The summed E-state index contributed by atoms with van der Waals surface area (Å²) in [6, 6.07) is 9.53. The fourth-order valence-corrected chi connectivity index (χ4v) is 1.18. The molecule has 0 aliphatic rings. The van der Waals surface area contributed by atoms with Gasteiger partial charge in [0, 0.05) is 6.21 Å². The molecule has 0 saturated carbocycles. The molecule has 0 aliphatic carbocycles. The first-order valence-corrected chi connectivity index (χ1v) is 4.03. The van der Waals surface area contributed by atoms with E-state index in [1.807, 2.05) is 30.3 Å². The summed E-state index contributed by atoms with van der Waals surface area (Å²) in [4.78, 5) is 0. The maximum atomic E-state index is 8.58. The zero-order chi connectivity index (χ0) is 9.68. The molecule has 1 aromatic carbocycles. The molecule has 1 atom stereocenters. The molecular formula is C10H12N2O. The molecule has 68 valence electrons. The molecule has 0 aromatic heterocycles. The van der Waals surface area contributed by atoms with Crippen LogP contribution in [0.4, 0.5) is 0 Å².